The zero-order valence-corrected chi connectivity index (χ0v) is 13.1. The van der Waals surface area contributed by atoms with Crippen molar-refractivity contribution in [2.24, 2.45) is 5.73 Å². The number of nitrogens with two attached hydrogens (primary N) is 1. The molecule has 0 saturated carbocycles. The quantitative estimate of drug-likeness (QED) is 0.805. The van der Waals surface area contributed by atoms with E-state index >= 15 is 0 Å². The van der Waals surface area contributed by atoms with Crippen LogP contribution < -0.4 is 5.73 Å². The van der Waals surface area contributed by atoms with Crippen LogP contribution in [0.2, 0.25) is 0 Å². The SMILES string of the molecule is CCCn1cc(CN(CC(N)=O)[C@H](C)c2ccccc2)nn1. The highest BCUT2D eigenvalue weighted by Gasteiger charge is 2.19. The lowest BCUT2D eigenvalue weighted by molar-refractivity contribution is -0.119. The Morgan fingerprint density at radius 3 is 2.73 bits per heavy atom. The van der Waals surface area contributed by atoms with Crippen LogP contribution in [-0.4, -0.2) is 32.3 Å². The van der Waals surface area contributed by atoms with Gasteiger partial charge in [-0.2, -0.15) is 0 Å². The van der Waals surface area contributed by atoms with E-state index in [1.54, 1.807) is 0 Å². The average Bonchev–Trinajstić information content (AvgIpc) is 2.94. The molecule has 2 N–H and O–H groups in total. The molecule has 0 saturated heterocycles. The summed E-state index contributed by atoms with van der Waals surface area (Å²) >= 11 is 0. The maximum Gasteiger partial charge on any atom is 0.231 e. The summed E-state index contributed by atoms with van der Waals surface area (Å²) in [7, 11) is 0. The molecule has 0 bridgehead atoms. The first-order valence-electron chi connectivity index (χ1n) is 7.56. The Kier molecular flexibility index (Phi) is 5.66. The van der Waals surface area contributed by atoms with Gasteiger partial charge in [0.05, 0.1) is 12.2 Å². The summed E-state index contributed by atoms with van der Waals surface area (Å²) in [5.74, 6) is -0.344. The van der Waals surface area contributed by atoms with Gasteiger partial charge in [0.15, 0.2) is 0 Å². The number of hydrogen-bond donors (Lipinski definition) is 1. The van der Waals surface area contributed by atoms with Gasteiger partial charge in [0.25, 0.3) is 0 Å². The zero-order valence-electron chi connectivity index (χ0n) is 13.1. The van der Waals surface area contributed by atoms with E-state index in [0.717, 1.165) is 24.2 Å². The van der Waals surface area contributed by atoms with Gasteiger partial charge in [-0.1, -0.05) is 42.5 Å². The Morgan fingerprint density at radius 1 is 1.36 bits per heavy atom. The number of rotatable bonds is 8. The third kappa shape index (κ3) is 4.39. The molecule has 1 atom stereocenters. The van der Waals surface area contributed by atoms with E-state index in [4.69, 9.17) is 5.73 Å². The van der Waals surface area contributed by atoms with E-state index in [0.29, 0.717) is 6.54 Å². The third-order valence-electron chi connectivity index (χ3n) is 3.59. The summed E-state index contributed by atoms with van der Waals surface area (Å²) in [4.78, 5) is 13.4. The molecule has 0 aliphatic carbocycles. The minimum absolute atomic E-state index is 0.0741. The van der Waals surface area contributed by atoms with Crippen molar-refractivity contribution in [2.75, 3.05) is 6.54 Å². The number of benzene rings is 1. The molecule has 1 aromatic carbocycles. The fourth-order valence-electron chi connectivity index (χ4n) is 2.43. The highest BCUT2D eigenvalue weighted by atomic mass is 16.1. The second kappa shape index (κ2) is 7.70. The van der Waals surface area contributed by atoms with Crippen molar-refractivity contribution in [1.29, 1.82) is 0 Å². The van der Waals surface area contributed by atoms with E-state index in [1.165, 1.54) is 0 Å². The van der Waals surface area contributed by atoms with Crippen LogP contribution in [-0.2, 0) is 17.9 Å². The van der Waals surface area contributed by atoms with Gasteiger partial charge >= 0.3 is 0 Å². The molecule has 6 heteroatoms. The number of aromatic nitrogens is 3. The second-order valence-electron chi connectivity index (χ2n) is 5.43. The summed E-state index contributed by atoms with van der Waals surface area (Å²) < 4.78 is 1.82. The minimum atomic E-state index is -0.344. The number of carbonyl (C=O) groups is 1. The second-order valence-corrected chi connectivity index (χ2v) is 5.43. The number of amides is 1. The van der Waals surface area contributed by atoms with Crippen LogP contribution in [0.5, 0.6) is 0 Å². The fraction of sp³-hybridized carbons (Fsp3) is 0.438. The fourth-order valence-corrected chi connectivity index (χ4v) is 2.43. The maximum atomic E-state index is 11.4. The van der Waals surface area contributed by atoms with Crippen molar-refractivity contribution >= 4 is 5.91 Å². The van der Waals surface area contributed by atoms with Crippen LogP contribution in [0.1, 0.15) is 37.6 Å². The zero-order chi connectivity index (χ0) is 15.9. The van der Waals surface area contributed by atoms with E-state index in [2.05, 4.69) is 24.2 Å². The topological polar surface area (TPSA) is 77.0 Å². The first-order chi connectivity index (χ1) is 10.6. The smallest absolute Gasteiger partial charge is 0.231 e. The molecule has 1 heterocycles. The van der Waals surface area contributed by atoms with Gasteiger partial charge in [-0.05, 0) is 18.9 Å². The van der Waals surface area contributed by atoms with Gasteiger partial charge in [-0.15, -0.1) is 5.10 Å². The molecule has 0 aliphatic rings. The average molecular weight is 301 g/mol. The summed E-state index contributed by atoms with van der Waals surface area (Å²) in [6.07, 6.45) is 2.93. The van der Waals surface area contributed by atoms with Gasteiger partial charge in [-0.25, -0.2) is 0 Å². The van der Waals surface area contributed by atoms with E-state index in [1.807, 2.05) is 46.1 Å². The summed E-state index contributed by atoms with van der Waals surface area (Å²) in [6, 6.07) is 10.1. The minimum Gasteiger partial charge on any atom is -0.369 e. The molecule has 0 aliphatic heterocycles. The molecule has 2 rings (SSSR count). The van der Waals surface area contributed by atoms with E-state index in [9.17, 15) is 4.79 Å². The number of aryl methyl sites for hydroxylation is 1. The molecule has 118 valence electrons. The Hall–Kier alpha value is -2.21. The lowest BCUT2D eigenvalue weighted by Gasteiger charge is -2.27. The van der Waals surface area contributed by atoms with Crippen LogP contribution in [0.25, 0.3) is 0 Å². The molecule has 0 unspecified atom stereocenters. The predicted octanol–water partition coefficient (Wildman–Crippen LogP) is 1.74. The normalized spacial score (nSPS) is 12.5. The molecule has 22 heavy (non-hydrogen) atoms. The number of carbonyl (C=O) groups excluding carboxylic acids is 1. The predicted molar refractivity (Wildman–Crippen MR) is 84.8 cm³/mol. The largest absolute Gasteiger partial charge is 0.369 e. The number of nitrogens with zero attached hydrogens (tertiary/aromatic N) is 4. The van der Waals surface area contributed by atoms with Crippen LogP contribution in [0.4, 0.5) is 0 Å². The van der Waals surface area contributed by atoms with Crippen molar-refractivity contribution in [3.05, 3.63) is 47.8 Å². The van der Waals surface area contributed by atoms with Crippen molar-refractivity contribution in [2.45, 2.75) is 39.4 Å². The lowest BCUT2D eigenvalue weighted by atomic mass is 10.1. The van der Waals surface area contributed by atoms with Crippen LogP contribution >= 0.6 is 0 Å². The summed E-state index contributed by atoms with van der Waals surface area (Å²) in [6.45, 7) is 5.74. The first-order valence-corrected chi connectivity index (χ1v) is 7.56. The van der Waals surface area contributed by atoms with E-state index in [-0.39, 0.29) is 18.5 Å². The highest BCUT2D eigenvalue weighted by Crippen LogP contribution is 2.21. The summed E-state index contributed by atoms with van der Waals surface area (Å²) in [5, 5.41) is 8.27. The van der Waals surface area contributed by atoms with Crippen molar-refractivity contribution in [3.8, 4) is 0 Å². The van der Waals surface area contributed by atoms with E-state index < -0.39 is 0 Å². The lowest BCUT2D eigenvalue weighted by Crippen LogP contribution is -2.35. The van der Waals surface area contributed by atoms with Crippen LogP contribution in [0.15, 0.2) is 36.5 Å². The van der Waals surface area contributed by atoms with Gasteiger partial charge in [0.2, 0.25) is 5.91 Å². The van der Waals surface area contributed by atoms with Gasteiger partial charge in [0, 0.05) is 25.3 Å². The molecule has 2 aromatic rings. The molecule has 1 aromatic heterocycles. The maximum absolute atomic E-state index is 11.4. The molecule has 6 nitrogen and oxygen atoms in total. The summed E-state index contributed by atoms with van der Waals surface area (Å²) in [5.41, 5.74) is 7.38. The Labute approximate surface area is 130 Å². The van der Waals surface area contributed by atoms with Crippen molar-refractivity contribution in [3.63, 3.8) is 0 Å². The molecule has 0 radical (unpaired) electrons. The molecule has 0 fully saturated rings. The van der Waals surface area contributed by atoms with Gasteiger partial charge < -0.3 is 5.73 Å². The van der Waals surface area contributed by atoms with Crippen molar-refractivity contribution in [1.82, 2.24) is 19.9 Å². The van der Waals surface area contributed by atoms with Crippen molar-refractivity contribution < 1.29 is 4.79 Å². The van der Waals surface area contributed by atoms with Crippen LogP contribution in [0, 0.1) is 0 Å². The number of primary amides is 1. The third-order valence-corrected chi connectivity index (χ3v) is 3.59. The van der Waals surface area contributed by atoms with Crippen LogP contribution in [0.3, 0.4) is 0 Å². The Bertz CT molecular complexity index is 596. The number of hydrogen-bond acceptors (Lipinski definition) is 4. The Morgan fingerprint density at radius 2 is 2.09 bits per heavy atom. The molecular formula is C16H23N5O. The standard InChI is InChI=1S/C16H23N5O/c1-3-9-21-11-15(18-19-21)10-20(12-16(17)22)13(2)14-7-5-4-6-8-14/h4-8,11,13H,3,9-10,12H2,1-2H3,(H2,17,22)/t13-/m1/s1. The Balaban J connectivity index is 2.13. The molecule has 1 amide bonds. The molecule has 0 spiro atoms. The van der Waals surface area contributed by atoms with Gasteiger partial charge in [0.1, 0.15) is 0 Å². The highest BCUT2D eigenvalue weighted by molar-refractivity contribution is 5.76. The molecular weight excluding hydrogens is 278 g/mol. The monoisotopic (exact) mass is 301 g/mol. The van der Waals surface area contributed by atoms with Gasteiger partial charge in [-0.3, -0.25) is 14.4 Å². The first kappa shape index (κ1) is 16.2.